The smallest absolute Gasteiger partial charge is 0.313 e. The molecule has 2 amide bonds. The van der Waals surface area contributed by atoms with Crippen LogP contribution in [0, 0.1) is 0 Å². The minimum absolute atomic E-state index is 0.0921. The van der Waals surface area contributed by atoms with Gasteiger partial charge in [-0.3, -0.25) is 19.2 Å². The van der Waals surface area contributed by atoms with E-state index in [1.807, 2.05) is 67.6 Å². The van der Waals surface area contributed by atoms with Gasteiger partial charge in [0.2, 0.25) is 11.7 Å². The average Bonchev–Trinajstić information content (AvgIpc) is 2.84. The predicted molar refractivity (Wildman–Crippen MR) is 122 cm³/mol. The lowest BCUT2D eigenvalue weighted by atomic mass is 10.1. The Balaban J connectivity index is 1.87. The van der Waals surface area contributed by atoms with Crippen molar-refractivity contribution in [1.82, 2.24) is 16.1 Å². The van der Waals surface area contributed by atoms with Crippen LogP contribution in [0.2, 0.25) is 0 Å². The third kappa shape index (κ3) is 9.50. The first-order valence-electron chi connectivity index (χ1n) is 10.7. The van der Waals surface area contributed by atoms with Gasteiger partial charge in [-0.2, -0.15) is 0 Å². The molecule has 2 atom stereocenters. The maximum absolute atomic E-state index is 12.8. The molecule has 3 N–H and O–H groups in total. The highest BCUT2D eigenvalue weighted by molar-refractivity contribution is 6.38. The number of carbonyl (C=O) groups is 3. The molecule has 2 aromatic carbocycles. The van der Waals surface area contributed by atoms with Gasteiger partial charge in [0, 0.05) is 7.11 Å². The van der Waals surface area contributed by atoms with Crippen LogP contribution in [-0.4, -0.2) is 56.5 Å². The molecule has 2 aromatic rings. The number of nitrogens with one attached hydrogen (secondary N) is 3. The molecule has 0 aliphatic rings. The minimum Gasteiger partial charge on any atom is -0.382 e. The zero-order chi connectivity index (χ0) is 23.9. The summed E-state index contributed by atoms with van der Waals surface area (Å²) < 4.78 is 10.7. The summed E-state index contributed by atoms with van der Waals surface area (Å²) in [5.74, 6) is -2.33. The van der Waals surface area contributed by atoms with E-state index in [1.165, 1.54) is 7.11 Å². The summed E-state index contributed by atoms with van der Waals surface area (Å²) in [6.07, 6.45) is 0. The normalized spacial score (nSPS) is 12.5. The van der Waals surface area contributed by atoms with Gasteiger partial charge in [0.25, 0.3) is 0 Å². The fourth-order valence-electron chi connectivity index (χ4n) is 2.93. The van der Waals surface area contributed by atoms with E-state index in [2.05, 4.69) is 16.1 Å². The Morgan fingerprint density at radius 2 is 1.45 bits per heavy atom. The van der Waals surface area contributed by atoms with Crippen LogP contribution in [0.4, 0.5) is 0 Å². The number of Topliss-reactive ketones (excluding diaryl/α,β-unsaturated/α-hetero) is 1. The van der Waals surface area contributed by atoms with Crippen molar-refractivity contribution < 1.29 is 28.7 Å². The van der Waals surface area contributed by atoms with Crippen molar-refractivity contribution in [3.63, 3.8) is 0 Å². The summed E-state index contributed by atoms with van der Waals surface area (Å²) in [7, 11) is 1.38. The molecule has 0 heterocycles. The first-order chi connectivity index (χ1) is 16.0. The molecular formula is C24H31N3O6. The molecule has 9 heteroatoms. The largest absolute Gasteiger partial charge is 0.382 e. The lowest BCUT2D eigenvalue weighted by Crippen LogP contribution is -2.55. The van der Waals surface area contributed by atoms with Gasteiger partial charge < -0.3 is 20.1 Å². The fraction of sp³-hybridized carbons (Fsp3) is 0.375. The highest BCUT2D eigenvalue weighted by Crippen LogP contribution is 2.02. The quantitative estimate of drug-likeness (QED) is 0.271. The second-order valence-electron chi connectivity index (χ2n) is 7.20. The SMILES string of the molecule is CCN[C@H](COCc1ccccc1)C(=O)N[C@@H](COC)C(=O)C(=O)NOCc1ccccc1. The van der Waals surface area contributed by atoms with Gasteiger partial charge in [-0.05, 0) is 17.7 Å². The Morgan fingerprint density at radius 3 is 2.03 bits per heavy atom. The number of carbonyl (C=O) groups excluding carboxylic acids is 3. The molecule has 0 unspecified atom stereocenters. The van der Waals surface area contributed by atoms with Crippen molar-refractivity contribution in [3.8, 4) is 0 Å². The van der Waals surface area contributed by atoms with Crippen LogP contribution < -0.4 is 16.1 Å². The van der Waals surface area contributed by atoms with Crippen LogP contribution in [0.15, 0.2) is 60.7 Å². The van der Waals surface area contributed by atoms with Gasteiger partial charge in [-0.25, -0.2) is 5.48 Å². The molecule has 0 bridgehead atoms. The molecule has 9 nitrogen and oxygen atoms in total. The molecule has 0 fully saturated rings. The monoisotopic (exact) mass is 457 g/mol. The fourth-order valence-corrected chi connectivity index (χ4v) is 2.93. The molecule has 178 valence electrons. The van der Waals surface area contributed by atoms with E-state index in [0.29, 0.717) is 13.2 Å². The number of methoxy groups -OCH3 is 1. The van der Waals surface area contributed by atoms with Gasteiger partial charge >= 0.3 is 5.91 Å². The molecule has 0 aliphatic heterocycles. The van der Waals surface area contributed by atoms with Crippen LogP contribution in [0.5, 0.6) is 0 Å². The number of amides is 2. The summed E-state index contributed by atoms with van der Waals surface area (Å²) in [4.78, 5) is 42.6. The van der Waals surface area contributed by atoms with Gasteiger partial charge in [0.15, 0.2) is 0 Å². The minimum atomic E-state index is -1.17. The van der Waals surface area contributed by atoms with Crippen molar-refractivity contribution in [3.05, 3.63) is 71.8 Å². The number of ketones is 1. The third-order valence-corrected chi connectivity index (χ3v) is 4.60. The highest BCUT2D eigenvalue weighted by atomic mass is 16.7. The van der Waals surface area contributed by atoms with Crippen molar-refractivity contribution in [2.24, 2.45) is 0 Å². The number of rotatable bonds is 15. The predicted octanol–water partition coefficient (Wildman–Crippen LogP) is 1.13. The Morgan fingerprint density at radius 1 is 0.848 bits per heavy atom. The van der Waals surface area contributed by atoms with E-state index in [4.69, 9.17) is 14.3 Å². The van der Waals surface area contributed by atoms with E-state index >= 15 is 0 Å². The van der Waals surface area contributed by atoms with Gasteiger partial charge in [-0.1, -0.05) is 67.6 Å². The van der Waals surface area contributed by atoms with Crippen LogP contribution >= 0.6 is 0 Å². The topological polar surface area (TPSA) is 115 Å². The van der Waals surface area contributed by atoms with Crippen LogP contribution in [0.1, 0.15) is 18.1 Å². The highest BCUT2D eigenvalue weighted by Gasteiger charge is 2.29. The molecule has 0 saturated heterocycles. The lowest BCUT2D eigenvalue weighted by molar-refractivity contribution is -0.149. The van der Waals surface area contributed by atoms with Crippen molar-refractivity contribution >= 4 is 17.6 Å². The molecule has 0 saturated carbocycles. The summed E-state index contributed by atoms with van der Waals surface area (Å²) >= 11 is 0. The summed E-state index contributed by atoms with van der Waals surface area (Å²) in [5.41, 5.74) is 3.92. The summed E-state index contributed by atoms with van der Waals surface area (Å²) in [5, 5.41) is 5.59. The lowest BCUT2D eigenvalue weighted by Gasteiger charge is -2.22. The average molecular weight is 458 g/mol. The van der Waals surface area contributed by atoms with Crippen molar-refractivity contribution in [1.29, 1.82) is 0 Å². The molecule has 0 aliphatic carbocycles. The summed E-state index contributed by atoms with van der Waals surface area (Å²) in [6.45, 7) is 2.74. The van der Waals surface area contributed by atoms with Gasteiger partial charge in [-0.15, -0.1) is 0 Å². The summed E-state index contributed by atoms with van der Waals surface area (Å²) in [6, 6.07) is 16.9. The first kappa shape index (κ1) is 26.1. The standard InChI is InChI=1S/C24H31N3O6/c1-3-25-21(17-32-14-18-10-6-4-7-11-18)23(29)26-20(16-31-2)22(28)24(30)27-33-15-19-12-8-5-9-13-19/h4-13,20-21,25H,3,14-17H2,1-2H3,(H,26,29)(H,27,30)/t20-,21+/m0/s1. The molecule has 0 spiro atoms. The third-order valence-electron chi connectivity index (χ3n) is 4.60. The Bertz CT molecular complexity index is 863. The second kappa shape index (κ2) is 14.9. The number of likely N-dealkylation sites (N-methyl/N-ethyl adjacent to an activating group) is 1. The molecule has 0 aromatic heterocycles. The number of hydrogen-bond acceptors (Lipinski definition) is 7. The zero-order valence-electron chi connectivity index (χ0n) is 18.9. The van der Waals surface area contributed by atoms with Crippen molar-refractivity contribution in [2.45, 2.75) is 32.2 Å². The molecule has 2 rings (SSSR count). The van der Waals surface area contributed by atoms with E-state index in [9.17, 15) is 14.4 Å². The maximum atomic E-state index is 12.8. The molecular weight excluding hydrogens is 426 g/mol. The Hall–Kier alpha value is -3.11. The van der Waals surface area contributed by atoms with E-state index in [-0.39, 0.29) is 19.8 Å². The number of ether oxygens (including phenoxy) is 2. The molecule has 33 heavy (non-hydrogen) atoms. The zero-order valence-corrected chi connectivity index (χ0v) is 18.9. The number of benzene rings is 2. The van der Waals surface area contributed by atoms with Gasteiger partial charge in [0.1, 0.15) is 12.1 Å². The van der Waals surface area contributed by atoms with Gasteiger partial charge in [0.05, 0.1) is 26.4 Å². The van der Waals surface area contributed by atoms with Crippen LogP contribution in [0.25, 0.3) is 0 Å². The second-order valence-corrected chi connectivity index (χ2v) is 7.20. The van der Waals surface area contributed by atoms with E-state index in [1.54, 1.807) is 0 Å². The molecule has 0 radical (unpaired) electrons. The maximum Gasteiger partial charge on any atom is 0.313 e. The number of hydroxylamine groups is 1. The number of hydrogen-bond donors (Lipinski definition) is 3. The van der Waals surface area contributed by atoms with Crippen molar-refractivity contribution in [2.75, 3.05) is 26.9 Å². The van der Waals surface area contributed by atoms with Crippen LogP contribution in [-0.2, 0) is 41.9 Å². The van der Waals surface area contributed by atoms with E-state index < -0.39 is 29.7 Å². The van der Waals surface area contributed by atoms with E-state index in [0.717, 1.165) is 11.1 Å². The Kier molecular flexibility index (Phi) is 11.8. The first-order valence-corrected chi connectivity index (χ1v) is 10.7. The Labute approximate surface area is 193 Å². The van der Waals surface area contributed by atoms with Crippen LogP contribution in [0.3, 0.4) is 0 Å².